The predicted octanol–water partition coefficient (Wildman–Crippen LogP) is 4.81. The Morgan fingerprint density at radius 3 is 2.39 bits per heavy atom. The van der Waals surface area contributed by atoms with Gasteiger partial charge in [0, 0.05) is 23.9 Å². The Morgan fingerprint density at radius 1 is 1.11 bits per heavy atom. The van der Waals surface area contributed by atoms with Crippen molar-refractivity contribution in [2.75, 3.05) is 0 Å². The molecule has 1 fully saturated rings. The van der Waals surface area contributed by atoms with Crippen LogP contribution in [-0.4, -0.2) is 15.8 Å². The van der Waals surface area contributed by atoms with Gasteiger partial charge in [-0.05, 0) is 61.7 Å². The third-order valence-electron chi connectivity index (χ3n) is 5.46. The number of rotatable bonds is 4. The molecule has 4 nitrogen and oxygen atoms in total. The minimum absolute atomic E-state index is 0.0479. The fourth-order valence-electron chi connectivity index (χ4n) is 3.79. The first-order valence-corrected chi connectivity index (χ1v) is 9.43. The van der Waals surface area contributed by atoms with Gasteiger partial charge < -0.3 is 0 Å². The maximum absolute atomic E-state index is 13.3. The van der Waals surface area contributed by atoms with Crippen LogP contribution in [0, 0.1) is 31.1 Å². The van der Waals surface area contributed by atoms with E-state index >= 15 is 0 Å². The van der Waals surface area contributed by atoms with Gasteiger partial charge in [0.1, 0.15) is 0 Å². The van der Waals surface area contributed by atoms with Gasteiger partial charge in [0.05, 0.1) is 33.5 Å². The van der Waals surface area contributed by atoms with Crippen molar-refractivity contribution in [1.82, 2.24) is 9.97 Å². The van der Waals surface area contributed by atoms with Crippen LogP contribution in [-0.2, 0) is 5.41 Å². The molecular formula is C23H18ClN3O. The van der Waals surface area contributed by atoms with E-state index in [0.717, 1.165) is 22.5 Å². The number of nitriles is 1. The van der Waals surface area contributed by atoms with Gasteiger partial charge >= 0.3 is 0 Å². The number of aryl methyl sites for hydroxylation is 2. The van der Waals surface area contributed by atoms with E-state index in [-0.39, 0.29) is 11.7 Å². The smallest absolute Gasteiger partial charge is 0.167 e. The molecule has 2 heterocycles. The van der Waals surface area contributed by atoms with Crippen LogP contribution in [0.4, 0.5) is 0 Å². The molecule has 0 amide bonds. The molecule has 4 rings (SSSR count). The Kier molecular flexibility index (Phi) is 4.49. The third kappa shape index (κ3) is 2.98. The molecule has 0 spiro atoms. The number of nitrogens with zero attached hydrogens (tertiary/aromatic N) is 3. The van der Waals surface area contributed by atoms with Crippen molar-refractivity contribution in [1.29, 1.82) is 5.26 Å². The average Bonchev–Trinajstić information content (AvgIpc) is 3.45. The molecular weight excluding hydrogens is 370 g/mol. The van der Waals surface area contributed by atoms with Crippen LogP contribution < -0.4 is 0 Å². The quantitative estimate of drug-likeness (QED) is 0.602. The highest BCUT2D eigenvalue weighted by atomic mass is 35.5. The van der Waals surface area contributed by atoms with Gasteiger partial charge in [-0.25, -0.2) is 0 Å². The standard InChI is InChI=1S/C23H18ClN3O/c1-14-3-7-20(26-12-14)23(21-8-6-18(24)13-27-21)10-19(23)22(28)16-4-5-17(11-25)15(2)9-16/h3-9,12-13,19H,10H2,1-2H3/t19?,23-/m0/s1. The van der Waals surface area contributed by atoms with Crippen molar-refractivity contribution in [3.05, 3.63) is 93.5 Å². The molecule has 2 atom stereocenters. The molecule has 1 aliphatic carbocycles. The summed E-state index contributed by atoms with van der Waals surface area (Å²) in [5.74, 6) is -0.199. The van der Waals surface area contributed by atoms with Crippen molar-refractivity contribution >= 4 is 17.4 Å². The number of ketones is 1. The molecule has 0 aliphatic heterocycles. The molecule has 5 heteroatoms. The van der Waals surface area contributed by atoms with Gasteiger partial charge in [-0.2, -0.15) is 5.26 Å². The van der Waals surface area contributed by atoms with E-state index in [1.807, 2.05) is 38.2 Å². The molecule has 0 radical (unpaired) electrons. The average molecular weight is 388 g/mol. The summed E-state index contributed by atoms with van der Waals surface area (Å²) in [5, 5.41) is 9.69. The SMILES string of the molecule is Cc1ccc([C@]2(c3ccc(Cl)cn3)CC2C(=O)c2ccc(C#N)c(C)c2)nc1. The summed E-state index contributed by atoms with van der Waals surface area (Å²) in [6.07, 6.45) is 4.08. The van der Waals surface area contributed by atoms with Crippen LogP contribution in [0.25, 0.3) is 0 Å². The summed E-state index contributed by atoms with van der Waals surface area (Å²) in [7, 11) is 0. The number of pyridine rings is 2. The number of aromatic nitrogens is 2. The van der Waals surface area contributed by atoms with Gasteiger partial charge in [0.2, 0.25) is 0 Å². The molecule has 1 saturated carbocycles. The number of carbonyl (C=O) groups is 1. The summed E-state index contributed by atoms with van der Waals surface area (Å²) in [4.78, 5) is 22.4. The Hall–Kier alpha value is -3.03. The highest BCUT2D eigenvalue weighted by Crippen LogP contribution is 2.59. The molecule has 1 aliphatic rings. The third-order valence-corrected chi connectivity index (χ3v) is 5.69. The van der Waals surface area contributed by atoms with Crippen molar-refractivity contribution in [2.45, 2.75) is 25.7 Å². The van der Waals surface area contributed by atoms with E-state index in [2.05, 4.69) is 16.0 Å². The van der Waals surface area contributed by atoms with Gasteiger partial charge in [-0.15, -0.1) is 0 Å². The largest absolute Gasteiger partial charge is 0.294 e. The highest BCUT2D eigenvalue weighted by molar-refractivity contribution is 6.30. The number of benzene rings is 1. The lowest BCUT2D eigenvalue weighted by molar-refractivity contribution is 0.0959. The molecule has 2 aromatic heterocycles. The van der Waals surface area contributed by atoms with Crippen molar-refractivity contribution in [3.8, 4) is 6.07 Å². The highest BCUT2D eigenvalue weighted by Gasteiger charge is 2.62. The van der Waals surface area contributed by atoms with E-state index in [1.165, 1.54) is 0 Å². The fourth-order valence-corrected chi connectivity index (χ4v) is 3.90. The molecule has 0 bridgehead atoms. The van der Waals surface area contributed by atoms with Crippen LogP contribution >= 0.6 is 11.6 Å². The minimum Gasteiger partial charge on any atom is -0.294 e. The zero-order valence-corrected chi connectivity index (χ0v) is 16.4. The second-order valence-corrected chi connectivity index (χ2v) is 7.75. The molecule has 138 valence electrons. The molecule has 0 N–H and O–H groups in total. The van der Waals surface area contributed by atoms with E-state index in [1.54, 1.807) is 30.5 Å². The van der Waals surface area contributed by atoms with Gasteiger partial charge in [0.25, 0.3) is 0 Å². The summed E-state index contributed by atoms with van der Waals surface area (Å²) >= 11 is 6.02. The molecule has 28 heavy (non-hydrogen) atoms. The monoisotopic (exact) mass is 387 g/mol. The normalized spacial score (nSPS) is 20.4. The molecule has 3 aromatic rings. The van der Waals surface area contributed by atoms with Crippen LogP contribution in [0.1, 0.15) is 44.9 Å². The number of hydrogen-bond acceptors (Lipinski definition) is 4. The maximum atomic E-state index is 13.3. The topological polar surface area (TPSA) is 66.6 Å². The van der Waals surface area contributed by atoms with Gasteiger partial charge in [0.15, 0.2) is 5.78 Å². The van der Waals surface area contributed by atoms with Crippen LogP contribution in [0.5, 0.6) is 0 Å². The van der Waals surface area contributed by atoms with E-state index in [0.29, 0.717) is 22.6 Å². The first-order valence-electron chi connectivity index (χ1n) is 9.06. The number of carbonyl (C=O) groups excluding carboxylic acids is 1. The number of halogens is 1. The maximum Gasteiger partial charge on any atom is 0.167 e. The second kappa shape index (κ2) is 6.85. The minimum atomic E-state index is -0.544. The molecule has 1 aromatic carbocycles. The van der Waals surface area contributed by atoms with Crippen molar-refractivity contribution in [2.24, 2.45) is 5.92 Å². The summed E-state index contributed by atoms with van der Waals surface area (Å²) in [6, 6.07) is 15.0. The second-order valence-electron chi connectivity index (χ2n) is 7.32. The fraction of sp³-hybridized carbons (Fsp3) is 0.217. The lowest BCUT2D eigenvalue weighted by atomic mass is 9.89. The summed E-state index contributed by atoms with van der Waals surface area (Å²) in [5.41, 5.74) is 4.17. The summed E-state index contributed by atoms with van der Waals surface area (Å²) in [6.45, 7) is 3.83. The van der Waals surface area contributed by atoms with E-state index in [9.17, 15) is 4.79 Å². The number of hydrogen-bond donors (Lipinski definition) is 0. The van der Waals surface area contributed by atoms with Crippen molar-refractivity contribution in [3.63, 3.8) is 0 Å². The Bertz CT molecular complexity index is 1050. The van der Waals surface area contributed by atoms with Gasteiger partial charge in [-0.3, -0.25) is 14.8 Å². The summed E-state index contributed by atoms with van der Waals surface area (Å²) < 4.78 is 0. The Morgan fingerprint density at radius 2 is 1.82 bits per heavy atom. The first kappa shape index (κ1) is 18.3. The van der Waals surface area contributed by atoms with E-state index < -0.39 is 5.41 Å². The molecule has 1 unspecified atom stereocenters. The van der Waals surface area contributed by atoms with E-state index in [4.69, 9.17) is 16.9 Å². The number of Topliss-reactive ketones (excluding diaryl/α,β-unsaturated/α-hetero) is 1. The lowest BCUT2D eigenvalue weighted by Gasteiger charge is -2.17. The van der Waals surface area contributed by atoms with Crippen molar-refractivity contribution < 1.29 is 4.79 Å². The Balaban J connectivity index is 1.76. The predicted molar refractivity (Wildman–Crippen MR) is 107 cm³/mol. The zero-order valence-electron chi connectivity index (χ0n) is 15.6. The van der Waals surface area contributed by atoms with Crippen LogP contribution in [0.2, 0.25) is 5.02 Å². The first-order chi connectivity index (χ1) is 13.5. The van der Waals surface area contributed by atoms with Crippen LogP contribution in [0.15, 0.2) is 54.9 Å². The van der Waals surface area contributed by atoms with Crippen LogP contribution in [0.3, 0.4) is 0 Å². The lowest BCUT2D eigenvalue weighted by Crippen LogP contribution is -2.20. The Labute approximate surface area is 168 Å². The zero-order chi connectivity index (χ0) is 19.9. The van der Waals surface area contributed by atoms with Gasteiger partial charge in [-0.1, -0.05) is 23.7 Å². The molecule has 0 saturated heterocycles.